The Morgan fingerprint density at radius 2 is 1.89 bits per heavy atom. The first-order valence-corrected chi connectivity index (χ1v) is 6.03. The highest BCUT2D eigenvalue weighted by Gasteiger charge is 2.07. The third kappa shape index (κ3) is 2.32. The number of H-pyrrole nitrogens is 1. The third-order valence-corrected chi connectivity index (χ3v) is 3.28. The number of hydrogen-bond donors (Lipinski definition) is 3. The molecule has 0 aliphatic heterocycles. The lowest BCUT2D eigenvalue weighted by molar-refractivity contribution is 0.471. The maximum absolute atomic E-state index is 9.62. The lowest BCUT2D eigenvalue weighted by Crippen LogP contribution is -2.03. The van der Waals surface area contributed by atoms with Crippen LogP contribution in [0.25, 0.3) is 0 Å². The van der Waals surface area contributed by atoms with E-state index in [2.05, 4.69) is 15.5 Å². The topological polar surface area (TPSA) is 60.9 Å². The molecule has 4 nitrogen and oxygen atoms in total. The summed E-state index contributed by atoms with van der Waals surface area (Å²) >= 11 is 0. The van der Waals surface area contributed by atoms with Gasteiger partial charge in [-0.15, -0.1) is 0 Å². The standard InChI is InChI=1S/C14H19N3O/c1-8-6-14(18)9(2)5-13(8)15-7-12-10(3)16-17-11(12)4/h5-6,15,18H,7H2,1-4H3,(H,16,17). The second-order valence-corrected chi connectivity index (χ2v) is 4.72. The zero-order valence-electron chi connectivity index (χ0n) is 11.3. The van der Waals surface area contributed by atoms with Crippen LogP contribution in [0.5, 0.6) is 5.75 Å². The van der Waals surface area contributed by atoms with E-state index in [0.29, 0.717) is 5.75 Å². The van der Waals surface area contributed by atoms with Gasteiger partial charge in [-0.05, 0) is 51.0 Å². The Kier molecular flexibility index (Phi) is 3.28. The molecule has 3 N–H and O–H groups in total. The first-order valence-electron chi connectivity index (χ1n) is 6.03. The van der Waals surface area contributed by atoms with E-state index in [1.165, 1.54) is 5.56 Å². The maximum atomic E-state index is 9.62. The molecule has 0 spiro atoms. The summed E-state index contributed by atoms with van der Waals surface area (Å²) in [5, 5.41) is 20.2. The van der Waals surface area contributed by atoms with Gasteiger partial charge in [0.25, 0.3) is 0 Å². The second-order valence-electron chi connectivity index (χ2n) is 4.72. The molecule has 1 aromatic heterocycles. The number of benzene rings is 1. The fourth-order valence-corrected chi connectivity index (χ4v) is 2.01. The Morgan fingerprint density at radius 1 is 1.17 bits per heavy atom. The number of nitrogens with one attached hydrogen (secondary N) is 2. The number of aryl methyl sites for hydroxylation is 4. The van der Waals surface area contributed by atoms with Gasteiger partial charge >= 0.3 is 0 Å². The summed E-state index contributed by atoms with van der Waals surface area (Å²) < 4.78 is 0. The number of hydrogen-bond acceptors (Lipinski definition) is 3. The van der Waals surface area contributed by atoms with Gasteiger partial charge in [-0.1, -0.05) is 0 Å². The zero-order valence-corrected chi connectivity index (χ0v) is 11.3. The first kappa shape index (κ1) is 12.5. The van der Waals surface area contributed by atoms with E-state index in [1.807, 2.05) is 33.8 Å². The van der Waals surface area contributed by atoms with E-state index in [0.717, 1.165) is 34.7 Å². The predicted molar refractivity (Wildman–Crippen MR) is 73.0 cm³/mol. The molecule has 0 unspecified atom stereocenters. The molecule has 0 bridgehead atoms. The number of aromatic nitrogens is 2. The van der Waals surface area contributed by atoms with Crippen molar-refractivity contribution in [2.75, 3.05) is 5.32 Å². The Labute approximate surface area is 107 Å². The van der Waals surface area contributed by atoms with Crippen LogP contribution in [0.3, 0.4) is 0 Å². The molecule has 0 radical (unpaired) electrons. The average Bonchev–Trinajstić information content (AvgIpc) is 2.62. The molecular weight excluding hydrogens is 226 g/mol. The predicted octanol–water partition coefficient (Wildman–Crippen LogP) is 2.96. The van der Waals surface area contributed by atoms with Crippen molar-refractivity contribution in [3.63, 3.8) is 0 Å². The molecule has 0 aliphatic carbocycles. The zero-order chi connectivity index (χ0) is 13.3. The molecule has 4 heteroatoms. The van der Waals surface area contributed by atoms with Crippen molar-refractivity contribution in [3.05, 3.63) is 40.2 Å². The number of nitrogens with zero attached hydrogens (tertiary/aromatic N) is 1. The number of aromatic hydroxyl groups is 1. The van der Waals surface area contributed by atoms with Crippen LogP contribution < -0.4 is 5.32 Å². The molecular formula is C14H19N3O. The van der Waals surface area contributed by atoms with Crippen LogP contribution in [0.2, 0.25) is 0 Å². The molecule has 0 saturated heterocycles. The Balaban J connectivity index is 2.18. The van der Waals surface area contributed by atoms with Crippen molar-refractivity contribution >= 4 is 5.69 Å². The summed E-state index contributed by atoms with van der Waals surface area (Å²) in [6, 6.07) is 3.75. The number of aromatic amines is 1. The van der Waals surface area contributed by atoms with Crippen LogP contribution in [0.1, 0.15) is 28.1 Å². The summed E-state index contributed by atoms with van der Waals surface area (Å²) in [4.78, 5) is 0. The Morgan fingerprint density at radius 3 is 2.50 bits per heavy atom. The average molecular weight is 245 g/mol. The van der Waals surface area contributed by atoms with Crippen molar-refractivity contribution in [2.45, 2.75) is 34.2 Å². The summed E-state index contributed by atoms with van der Waals surface area (Å²) in [6.45, 7) is 8.63. The molecule has 0 atom stereocenters. The first-order chi connectivity index (χ1) is 8.49. The maximum Gasteiger partial charge on any atom is 0.118 e. The quantitative estimate of drug-likeness (QED) is 0.728. The highest BCUT2D eigenvalue weighted by atomic mass is 16.3. The molecule has 0 saturated carbocycles. The fraction of sp³-hybridized carbons (Fsp3) is 0.357. The minimum absolute atomic E-state index is 0.341. The largest absolute Gasteiger partial charge is 0.508 e. The van der Waals surface area contributed by atoms with Crippen LogP contribution in [-0.2, 0) is 6.54 Å². The summed E-state index contributed by atoms with van der Waals surface area (Å²) in [5.74, 6) is 0.341. The number of anilines is 1. The van der Waals surface area contributed by atoms with Crippen molar-refractivity contribution in [1.29, 1.82) is 0 Å². The molecule has 0 fully saturated rings. The van der Waals surface area contributed by atoms with Crippen LogP contribution in [0.4, 0.5) is 5.69 Å². The van der Waals surface area contributed by atoms with E-state index >= 15 is 0 Å². The molecule has 2 rings (SSSR count). The third-order valence-electron chi connectivity index (χ3n) is 3.28. The smallest absolute Gasteiger partial charge is 0.118 e. The van der Waals surface area contributed by atoms with Crippen LogP contribution >= 0.6 is 0 Å². The van der Waals surface area contributed by atoms with E-state index in [1.54, 1.807) is 6.07 Å². The van der Waals surface area contributed by atoms with Crippen LogP contribution in [0.15, 0.2) is 12.1 Å². The second kappa shape index (κ2) is 4.72. The minimum Gasteiger partial charge on any atom is -0.508 e. The van der Waals surface area contributed by atoms with E-state index in [-0.39, 0.29) is 0 Å². The highest BCUT2D eigenvalue weighted by molar-refractivity contribution is 5.57. The van der Waals surface area contributed by atoms with Gasteiger partial charge in [0.05, 0.1) is 5.69 Å². The van der Waals surface area contributed by atoms with E-state index in [9.17, 15) is 5.11 Å². The number of phenolic OH excluding ortho intramolecular Hbond substituents is 1. The van der Waals surface area contributed by atoms with Crippen molar-refractivity contribution in [3.8, 4) is 5.75 Å². The molecule has 18 heavy (non-hydrogen) atoms. The van der Waals surface area contributed by atoms with Crippen molar-refractivity contribution < 1.29 is 5.11 Å². The van der Waals surface area contributed by atoms with Gasteiger partial charge in [-0.3, -0.25) is 5.10 Å². The van der Waals surface area contributed by atoms with Gasteiger partial charge in [0.15, 0.2) is 0 Å². The van der Waals surface area contributed by atoms with Gasteiger partial charge in [-0.2, -0.15) is 5.10 Å². The summed E-state index contributed by atoms with van der Waals surface area (Å²) in [7, 11) is 0. The minimum atomic E-state index is 0.341. The lowest BCUT2D eigenvalue weighted by Gasteiger charge is -2.12. The molecule has 0 aliphatic rings. The molecule has 0 amide bonds. The van der Waals surface area contributed by atoms with Crippen LogP contribution in [-0.4, -0.2) is 15.3 Å². The van der Waals surface area contributed by atoms with E-state index in [4.69, 9.17) is 0 Å². The molecule has 2 aromatic rings. The number of rotatable bonds is 3. The van der Waals surface area contributed by atoms with Gasteiger partial charge in [0, 0.05) is 23.5 Å². The van der Waals surface area contributed by atoms with Gasteiger partial charge in [0.1, 0.15) is 5.75 Å². The van der Waals surface area contributed by atoms with Crippen LogP contribution in [0, 0.1) is 27.7 Å². The monoisotopic (exact) mass is 245 g/mol. The summed E-state index contributed by atoms with van der Waals surface area (Å²) in [5.41, 5.74) is 6.27. The number of phenols is 1. The Hall–Kier alpha value is -1.97. The SMILES string of the molecule is Cc1cc(NCc2c(C)n[nH]c2C)c(C)cc1O. The highest BCUT2D eigenvalue weighted by Crippen LogP contribution is 2.25. The fourth-order valence-electron chi connectivity index (χ4n) is 2.01. The summed E-state index contributed by atoms with van der Waals surface area (Å²) in [6.07, 6.45) is 0. The normalized spacial score (nSPS) is 10.7. The van der Waals surface area contributed by atoms with Gasteiger partial charge in [-0.25, -0.2) is 0 Å². The molecule has 1 heterocycles. The van der Waals surface area contributed by atoms with Gasteiger partial charge in [0.2, 0.25) is 0 Å². The lowest BCUT2D eigenvalue weighted by atomic mass is 10.1. The van der Waals surface area contributed by atoms with Crippen molar-refractivity contribution in [1.82, 2.24) is 10.2 Å². The Bertz CT molecular complexity index is 553. The molecule has 96 valence electrons. The molecule has 1 aromatic carbocycles. The van der Waals surface area contributed by atoms with E-state index < -0.39 is 0 Å². The van der Waals surface area contributed by atoms with Gasteiger partial charge < -0.3 is 10.4 Å². The van der Waals surface area contributed by atoms with Crippen molar-refractivity contribution in [2.24, 2.45) is 0 Å².